The maximum absolute atomic E-state index is 13.6. The normalized spacial score (nSPS) is 25.5. The number of hydrogen-bond donors (Lipinski definition) is 1. The van der Waals surface area contributed by atoms with Gasteiger partial charge in [-0.05, 0) is 68.2 Å². The lowest BCUT2D eigenvalue weighted by Crippen LogP contribution is -2.39. The van der Waals surface area contributed by atoms with E-state index in [1.165, 1.54) is 6.42 Å². The van der Waals surface area contributed by atoms with Crippen LogP contribution in [0.15, 0.2) is 70.9 Å². The van der Waals surface area contributed by atoms with Crippen molar-refractivity contribution in [3.63, 3.8) is 0 Å². The molecule has 2 aromatic carbocycles. The third-order valence-corrected chi connectivity index (χ3v) is 7.50. The number of Topliss-reactive ketones (excluding diaryl/α,β-unsaturated/α-hetero) is 1. The van der Waals surface area contributed by atoms with Crippen LogP contribution in [-0.4, -0.2) is 28.7 Å². The lowest BCUT2D eigenvalue weighted by molar-refractivity contribution is -0.153. The number of aliphatic imine (C=N–C) groups is 1. The highest BCUT2D eigenvalue weighted by molar-refractivity contribution is 6.09. The van der Waals surface area contributed by atoms with Crippen molar-refractivity contribution in [3.05, 3.63) is 77.0 Å². The topological polar surface area (TPSA) is 76.0 Å². The second kappa shape index (κ2) is 9.57. The predicted octanol–water partition coefficient (Wildman–Crippen LogP) is 5.84. The van der Waals surface area contributed by atoms with Crippen LogP contribution >= 0.6 is 0 Å². The molecule has 2 aliphatic carbocycles. The van der Waals surface area contributed by atoms with Crippen molar-refractivity contribution in [2.24, 2.45) is 10.9 Å². The SMILES string of the molecule is CC1=NC2=C(C(=O)CC(c3ccccc3)C2)C(c2ccc(O)cc2)C1C(=O)OC1CCCCC1. The number of ketones is 1. The minimum Gasteiger partial charge on any atom is -0.508 e. The number of allylic oxidation sites excluding steroid dienone is 2. The number of ether oxygens (including phenoxy) is 1. The van der Waals surface area contributed by atoms with E-state index in [-0.39, 0.29) is 29.5 Å². The lowest BCUT2D eigenvalue weighted by Gasteiger charge is -2.37. The summed E-state index contributed by atoms with van der Waals surface area (Å²) in [5, 5.41) is 9.85. The molecule has 1 saturated carbocycles. The minimum atomic E-state index is -0.637. The Hall–Kier alpha value is -3.21. The summed E-state index contributed by atoms with van der Waals surface area (Å²) in [6.45, 7) is 1.88. The number of carbonyl (C=O) groups excluding carboxylic acids is 2. The number of phenolic OH excluding ortho intramolecular Hbond substituents is 1. The van der Waals surface area contributed by atoms with E-state index in [9.17, 15) is 14.7 Å². The zero-order valence-electron chi connectivity index (χ0n) is 19.6. The maximum Gasteiger partial charge on any atom is 0.315 e. The van der Waals surface area contributed by atoms with Crippen LogP contribution in [0.25, 0.3) is 0 Å². The monoisotopic (exact) mass is 457 g/mol. The predicted molar refractivity (Wildman–Crippen MR) is 131 cm³/mol. The van der Waals surface area contributed by atoms with E-state index in [1.807, 2.05) is 25.1 Å². The number of hydrogen-bond acceptors (Lipinski definition) is 5. The molecule has 1 fully saturated rings. The van der Waals surface area contributed by atoms with Crippen LogP contribution in [0.1, 0.15) is 74.8 Å². The van der Waals surface area contributed by atoms with Gasteiger partial charge in [0, 0.05) is 29.3 Å². The Morgan fingerprint density at radius 2 is 1.65 bits per heavy atom. The molecule has 0 bridgehead atoms. The van der Waals surface area contributed by atoms with Crippen LogP contribution in [-0.2, 0) is 14.3 Å². The first-order valence-corrected chi connectivity index (χ1v) is 12.4. The smallest absolute Gasteiger partial charge is 0.315 e. The fourth-order valence-corrected chi connectivity index (χ4v) is 5.79. The number of phenols is 1. The fourth-order valence-electron chi connectivity index (χ4n) is 5.79. The Labute approximate surface area is 200 Å². The zero-order valence-corrected chi connectivity index (χ0v) is 19.6. The van der Waals surface area contributed by atoms with E-state index >= 15 is 0 Å². The van der Waals surface area contributed by atoms with Crippen molar-refractivity contribution in [3.8, 4) is 5.75 Å². The van der Waals surface area contributed by atoms with Crippen molar-refractivity contribution in [2.45, 2.75) is 69.8 Å². The lowest BCUT2D eigenvalue weighted by atomic mass is 9.69. The summed E-state index contributed by atoms with van der Waals surface area (Å²) in [5.74, 6) is -1.11. The number of rotatable bonds is 4. The largest absolute Gasteiger partial charge is 0.508 e. The molecule has 5 heteroatoms. The first-order valence-electron chi connectivity index (χ1n) is 12.4. The molecule has 5 nitrogen and oxygen atoms in total. The number of aromatic hydroxyl groups is 1. The van der Waals surface area contributed by atoms with Crippen molar-refractivity contribution < 1.29 is 19.4 Å². The summed E-state index contributed by atoms with van der Waals surface area (Å²) in [6.07, 6.45) is 6.12. The van der Waals surface area contributed by atoms with E-state index in [4.69, 9.17) is 9.73 Å². The highest BCUT2D eigenvalue weighted by atomic mass is 16.5. The van der Waals surface area contributed by atoms with Crippen LogP contribution in [0, 0.1) is 5.92 Å². The van der Waals surface area contributed by atoms with Gasteiger partial charge < -0.3 is 9.84 Å². The molecule has 0 radical (unpaired) electrons. The number of esters is 1. The van der Waals surface area contributed by atoms with Gasteiger partial charge in [0.05, 0.1) is 0 Å². The zero-order chi connectivity index (χ0) is 23.7. The number of nitrogens with zero attached hydrogens (tertiary/aromatic N) is 1. The van der Waals surface area contributed by atoms with Gasteiger partial charge in [-0.25, -0.2) is 0 Å². The Morgan fingerprint density at radius 1 is 0.941 bits per heavy atom. The number of carbonyl (C=O) groups is 2. The maximum atomic E-state index is 13.6. The summed E-state index contributed by atoms with van der Waals surface area (Å²) < 4.78 is 5.98. The van der Waals surface area contributed by atoms with Crippen LogP contribution < -0.4 is 0 Å². The highest BCUT2D eigenvalue weighted by Crippen LogP contribution is 2.47. The summed E-state index contributed by atoms with van der Waals surface area (Å²) in [7, 11) is 0. The Morgan fingerprint density at radius 3 is 2.35 bits per heavy atom. The fraction of sp³-hybridized carbons (Fsp3) is 0.414. The van der Waals surface area contributed by atoms with Crippen molar-refractivity contribution in [1.29, 1.82) is 0 Å². The number of benzene rings is 2. The van der Waals surface area contributed by atoms with E-state index in [2.05, 4.69) is 12.1 Å². The molecule has 0 spiro atoms. The van der Waals surface area contributed by atoms with Crippen LogP contribution in [0.3, 0.4) is 0 Å². The second-order valence-electron chi connectivity index (χ2n) is 9.80. The van der Waals surface area contributed by atoms with Crippen molar-refractivity contribution >= 4 is 17.5 Å². The molecule has 176 valence electrons. The molecule has 1 heterocycles. The molecule has 5 rings (SSSR count). The Balaban J connectivity index is 1.52. The van der Waals surface area contributed by atoms with Crippen LogP contribution in [0.5, 0.6) is 5.75 Å². The molecule has 34 heavy (non-hydrogen) atoms. The molecule has 2 aromatic rings. The molecule has 3 atom stereocenters. The third kappa shape index (κ3) is 4.44. The summed E-state index contributed by atoms with van der Waals surface area (Å²) in [4.78, 5) is 32.0. The summed E-state index contributed by atoms with van der Waals surface area (Å²) >= 11 is 0. The molecule has 3 aliphatic rings. The van der Waals surface area contributed by atoms with Crippen molar-refractivity contribution in [2.75, 3.05) is 0 Å². The molecular weight excluding hydrogens is 426 g/mol. The van der Waals surface area contributed by atoms with E-state index in [1.54, 1.807) is 24.3 Å². The average Bonchev–Trinajstić information content (AvgIpc) is 2.84. The Bertz CT molecular complexity index is 1130. The van der Waals surface area contributed by atoms with Crippen LogP contribution in [0.4, 0.5) is 0 Å². The molecular formula is C29H31NO4. The van der Waals surface area contributed by atoms with Gasteiger partial charge in [-0.1, -0.05) is 48.9 Å². The van der Waals surface area contributed by atoms with Gasteiger partial charge in [0.2, 0.25) is 0 Å². The summed E-state index contributed by atoms with van der Waals surface area (Å²) in [5.41, 5.74) is 4.07. The van der Waals surface area contributed by atoms with Crippen LogP contribution in [0.2, 0.25) is 0 Å². The molecule has 0 amide bonds. The van der Waals surface area contributed by atoms with Gasteiger partial charge in [0.25, 0.3) is 0 Å². The molecule has 3 unspecified atom stereocenters. The van der Waals surface area contributed by atoms with E-state index < -0.39 is 11.8 Å². The molecule has 0 saturated heterocycles. The first-order chi connectivity index (χ1) is 16.5. The van der Waals surface area contributed by atoms with Gasteiger partial charge in [-0.3, -0.25) is 14.6 Å². The highest BCUT2D eigenvalue weighted by Gasteiger charge is 2.45. The van der Waals surface area contributed by atoms with E-state index in [0.29, 0.717) is 24.1 Å². The standard InChI is InChI=1S/C29H31NO4/c1-18-26(29(33)34-23-10-6-3-7-11-23)27(20-12-14-22(31)15-13-20)28-24(30-18)16-21(17-25(28)32)19-8-4-2-5-9-19/h2,4-5,8-9,12-15,21,23,26-27,31H,3,6-7,10-11,16-17H2,1H3. The van der Waals surface area contributed by atoms with Gasteiger partial charge in [-0.15, -0.1) is 0 Å². The summed E-state index contributed by atoms with van der Waals surface area (Å²) in [6, 6.07) is 16.9. The Kier molecular flexibility index (Phi) is 6.36. The van der Waals surface area contributed by atoms with Gasteiger partial charge >= 0.3 is 5.97 Å². The molecule has 0 aromatic heterocycles. The second-order valence-corrected chi connectivity index (χ2v) is 9.80. The van der Waals surface area contributed by atoms with Crippen molar-refractivity contribution in [1.82, 2.24) is 0 Å². The van der Waals surface area contributed by atoms with Gasteiger partial charge in [0.1, 0.15) is 17.8 Å². The van der Waals surface area contributed by atoms with Gasteiger partial charge in [-0.2, -0.15) is 0 Å². The van der Waals surface area contributed by atoms with E-state index in [0.717, 1.165) is 42.5 Å². The molecule has 1 N–H and O–H groups in total. The average molecular weight is 458 g/mol. The third-order valence-electron chi connectivity index (χ3n) is 7.50. The first kappa shape index (κ1) is 22.6. The minimum absolute atomic E-state index is 0.0416. The quantitative estimate of drug-likeness (QED) is 0.585. The van der Waals surface area contributed by atoms with Gasteiger partial charge in [0.15, 0.2) is 5.78 Å². The molecule has 1 aliphatic heterocycles.